The number of carbonyl (C=O) groups is 3. The molecule has 1 aliphatic carbocycles. The van der Waals surface area contributed by atoms with Crippen molar-refractivity contribution in [2.75, 3.05) is 24.9 Å². The molecule has 0 fully saturated rings. The van der Waals surface area contributed by atoms with Gasteiger partial charge in [-0.15, -0.1) is 11.8 Å². The van der Waals surface area contributed by atoms with E-state index in [1.807, 2.05) is 6.07 Å². The molecule has 7 nitrogen and oxygen atoms in total. The second-order valence-corrected chi connectivity index (χ2v) is 9.34. The molecule has 180 valence electrons. The maximum absolute atomic E-state index is 13.9. The Labute approximate surface area is 212 Å². The minimum atomic E-state index is -0.499. The van der Waals surface area contributed by atoms with Gasteiger partial charge in [0, 0.05) is 28.4 Å². The molecule has 0 bridgehead atoms. The van der Waals surface area contributed by atoms with Gasteiger partial charge in [0.2, 0.25) is 0 Å². The summed E-state index contributed by atoms with van der Waals surface area (Å²) in [4.78, 5) is 44.1. The number of rotatable bonds is 8. The van der Waals surface area contributed by atoms with Gasteiger partial charge >= 0.3 is 11.9 Å². The van der Waals surface area contributed by atoms with Gasteiger partial charge in [-0.25, -0.2) is 4.79 Å². The Kier molecular flexibility index (Phi) is 9.38. The number of benzene rings is 1. The van der Waals surface area contributed by atoms with Gasteiger partial charge in [-0.2, -0.15) is 0 Å². The first-order chi connectivity index (χ1) is 16.3. The van der Waals surface area contributed by atoms with E-state index in [2.05, 4.69) is 4.98 Å². The highest BCUT2D eigenvalue weighted by Crippen LogP contribution is 2.39. The Morgan fingerprint density at radius 3 is 2.44 bits per heavy atom. The van der Waals surface area contributed by atoms with E-state index in [4.69, 9.17) is 32.7 Å². The van der Waals surface area contributed by atoms with Crippen molar-refractivity contribution < 1.29 is 23.9 Å². The lowest BCUT2D eigenvalue weighted by Crippen LogP contribution is -2.34. The molecular formula is C24H24Cl2N2O5S. The molecule has 0 aliphatic heterocycles. The molecule has 0 N–H and O–H groups in total. The zero-order chi connectivity index (χ0) is 24.7. The van der Waals surface area contributed by atoms with Crippen molar-refractivity contribution in [1.82, 2.24) is 4.98 Å². The van der Waals surface area contributed by atoms with Gasteiger partial charge in [-0.3, -0.25) is 14.6 Å². The average molecular weight is 523 g/mol. The number of hydrogen-bond acceptors (Lipinski definition) is 7. The van der Waals surface area contributed by atoms with Crippen LogP contribution in [0.3, 0.4) is 0 Å². The maximum Gasteiger partial charge on any atom is 0.334 e. The fourth-order valence-electron chi connectivity index (χ4n) is 3.62. The zero-order valence-electron chi connectivity index (χ0n) is 18.8. The smallest absolute Gasteiger partial charge is 0.334 e. The predicted molar refractivity (Wildman–Crippen MR) is 132 cm³/mol. The predicted octanol–water partition coefficient (Wildman–Crippen LogP) is 5.23. The van der Waals surface area contributed by atoms with Gasteiger partial charge in [0.25, 0.3) is 5.91 Å². The van der Waals surface area contributed by atoms with Crippen LogP contribution in [0.1, 0.15) is 31.2 Å². The lowest BCUT2D eigenvalue weighted by atomic mass is 9.90. The summed E-state index contributed by atoms with van der Waals surface area (Å²) in [6.45, 7) is 0.174. The molecule has 0 saturated carbocycles. The van der Waals surface area contributed by atoms with Crippen molar-refractivity contribution in [1.29, 1.82) is 0 Å². The van der Waals surface area contributed by atoms with E-state index in [0.717, 1.165) is 18.4 Å². The minimum Gasteiger partial charge on any atom is -0.468 e. The van der Waals surface area contributed by atoms with E-state index in [-0.39, 0.29) is 23.2 Å². The molecule has 1 aromatic heterocycles. The molecule has 1 aromatic carbocycles. The number of hydrogen-bond donors (Lipinski definition) is 0. The topological polar surface area (TPSA) is 85.8 Å². The third-order valence-corrected chi connectivity index (χ3v) is 7.09. The van der Waals surface area contributed by atoms with Gasteiger partial charge in [0.05, 0.1) is 42.2 Å². The fraction of sp³-hybridized carbons (Fsp3) is 0.333. The Morgan fingerprint density at radius 1 is 1.06 bits per heavy atom. The number of halogens is 2. The van der Waals surface area contributed by atoms with Crippen LogP contribution >= 0.6 is 35.0 Å². The van der Waals surface area contributed by atoms with Crippen LogP contribution in [0, 0.1) is 0 Å². The molecule has 34 heavy (non-hydrogen) atoms. The summed E-state index contributed by atoms with van der Waals surface area (Å²) in [6, 6.07) is 6.84. The number of esters is 2. The monoisotopic (exact) mass is 522 g/mol. The SMILES string of the molecule is COC(=O)CSc1cc(N(Cc2cccnc2)C(=O)C2=C(C(=O)OC)CCCC2)c(Cl)cc1Cl. The van der Waals surface area contributed by atoms with Crippen LogP contribution in [0.15, 0.2) is 52.7 Å². The third kappa shape index (κ3) is 6.31. The van der Waals surface area contributed by atoms with Gasteiger partial charge in [0.1, 0.15) is 0 Å². The van der Waals surface area contributed by atoms with Gasteiger partial charge in [-0.05, 0) is 49.4 Å². The second-order valence-electron chi connectivity index (χ2n) is 7.51. The largest absolute Gasteiger partial charge is 0.468 e. The summed E-state index contributed by atoms with van der Waals surface area (Å²) in [5, 5.41) is 0.615. The normalized spacial score (nSPS) is 13.4. The molecule has 2 aromatic rings. The van der Waals surface area contributed by atoms with Gasteiger partial charge in [-0.1, -0.05) is 29.3 Å². The third-order valence-electron chi connectivity index (χ3n) is 5.33. The standard InChI is InChI=1S/C24H24Cl2N2O5S/c1-32-22(29)14-34-21-11-20(18(25)10-19(21)26)28(13-15-6-5-9-27-12-15)23(30)16-7-3-4-8-17(16)24(31)33-2/h5-6,9-12H,3-4,7-8,13-14H2,1-2H3. The number of methoxy groups -OCH3 is 2. The second kappa shape index (κ2) is 12.2. The van der Waals surface area contributed by atoms with Crippen molar-refractivity contribution >= 4 is 58.5 Å². The summed E-state index contributed by atoms with van der Waals surface area (Å²) in [7, 11) is 2.61. The number of amides is 1. The number of thioether (sulfide) groups is 1. The molecule has 10 heteroatoms. The molecule has 0 unspecified atom stereocenters. The highest BCUT2D eigenvalue weighted by atomic mass is 35.5. The van der Waals surface area contributed by atoms with Crippen molar-refractivity contribution in [2.24, 2.45) is 0 Å². The lowest BCUT2D eigenvalue weighted by molar-refractivity contribution is -0.138. The molecule has 1 aliphatic rings. The van der Waals surface area contributed by atoms with Crippen LogP contribution in [0.4, 0.5) is 5.69 Å². The number of aromatic nitrogens is 1. The van der Waals surface area contributed by atoms with Crippen LogP contribution in [0.5, 0.6) is 0 Å². The molecular weight excluding hydrogens is 499 g/mol. The first-order valence-electron chi connectivity index (χ1n) is 10.6. The van der Waals surface area contributed by atoms with Crippen LogP contribution in [-0.2, 0) is 30.4 Å². The molecule has 0 atom stereocenters. The Bertz CT molecular complexity index is 1110. The van der Waals surface area contributed by atoms with E-state index in [1.54, 1.807) is 24.5 Å². The van der Waals surface area contributed by atoms with Gasteiger partial charge < -0.3 is 14.4 Å². The Morgan fingerprint density at radius 2 is 1.79 bits per heavy atom. The summed E-state index contributed by atoms with van der Waals surface area (Å²) < 4.78 is 9.63. The van der Waals surface area contributed by atoms with Crippen molar-refractivity contribution in [3.63, 3.8) is 0 Å². The van der Waals surface area contributed by atoms with Crippen LogP contribution in [0.25, 0.3) is 0 Å². The average Bonchev–Trinajstić information content (AvgIpc) is 2.86. The summed E-state index contributed by atoms with van der Waals surface area (Å²) in [6.07, 6.45) is 5.83. The molecule has 1 heterocycles. The van der Waals surface area contributed by atoms with Crippen molar-refractivity contribution in [3.05, 3.63) is 63.4 Å². The highest BCUT2D eigenvalue weighted by molar-refractivity contribution is 8.00. The number of pyridine rings is 1. The Balaban J connectivity index is 2.08. The highest BCUT2D eigenvalue weighted by Gasteiger charge is 2.30. The molecule has 0 spiro atoms. The number of anilines is 1. The van der Waals surface area contributed by atoms with Crippen LogP contribution < -0.4 is 4.90 Å². The quantitative estimate of drug-likeness (QED) is 0.346. The molecule has 3 rings (SSSR count). The number of carbonyl (C=O) groups excluding carboxylic acids is 3. The van der Waals surface area contributed by atoms with E-state index in [9.17, 15) is 14.4 Å². The number of ether oxygens (including phenoxy) is 2. The molecule has 0 saturated heterocycles. The summed E-state index contributed by atoms with van der Waals surface area (Å²) >= 11 is 14.1. The fourth-order valence-corrected chi connectivity index (χ4v) is 5.06. The Hall–Kier alpha value is -2.55. The van der Waals surface area contributed by atoms with E-state index in [0.29, 0.717) is 39.6 Å². The van der Waals surface area contributed by atoms with Crippen LogP contribution in [0.2, 0.25) is 10.0 Å². The van der Waals surface area contributed by atoms with E-state index < -0.39 is 11.9 Å². The molecule has 0 radical (unpaired) electrons. The molecule has 1 amide bonds. The maximum atomic E-state index is 13.9. The number of nitrogens with zero attached hydrogens (tertiary/aromatic N) is 2. The van der Waals surface area contributed by atoms with E-state index >= 15 is 0 Å². The lowest BCUT2D eigenvalue weighted by Gasteiger charge is -2.28. The summed E-state index contributed by atoms with van der Waals surface area (Å²) in [5.74, 6) is -1.19. The van der Waals surface area contributed by atoms with Gasteiger partial charge in [0.15, 0.2) is 0 Å². The van der Waals surface area contributed by atoms with Crippen LogP contribution in [-0.4, -0.2) is 42.8 Å². The minimum absolute atomic E-state index is 0.0471. The first-order valence-corrected chi connectivity index (χ1v) is 12.3. The first kappa shape index (κ1) is 26.1. The van der Waals surface area contributed by atoms with Crippen molar-refractivity contribution in [2.45, 2.75) is 37.1 Å². The zero-order valence-corrected chi connectivity index (χ0v) is 21.1. The van der Waals surface area contributed by atoms with E-state index in [1.165, 1.54) is 36.9 Å². The summed E-state index contributed by atoms with van der Waals surface area (Å²) in [5.41, 5.74) is 1.99. The van der Waals surface area contributed by atoms with Crippen molar-refractivity contribution in [3.8, 4) is 0 Å².